The molecule has 0 aromatic carbocycles. The van der Waals surface area contributed by atoms with Gasteiger partial charge in [0.2, 0.25) is 5.78 Å². The lowest BCUT2D eigenvalue weighted by atomic mass is 10.2. The second kappa shape index (κ2) is 3.26. The first-order valence-electron chi connectivity index (χ1n) is 3.12. The average molecular weight is 194 g/mol. The van der Waals surface area contributed by atoms with Crippen molar-refractivity contribution in [3.05, 3.63) is 22.4 Å². The maximum absolute atomic E-state index is 11.7. The van der Waals surface area contributed by atoms with Gasteiger partial charge in [-0.15, -0.1) is 11.3 Å². The van der Waals surface area contributed by atoms with Crippen molar-refractivity contribution in [3.63, 3.8) is 0 Å². The van der Waals surface area contributed by atoms with Gasteiger partial charge in [-0.2, -0.15) is 13.2 Å². The molecule has 0 bridgehead atoms. The van der Waals surface area contributed by atoms with Crippen LogP contribution in [0.3, 0.4) is 0 Å². The molecule has 0 aliphatic heterocycles. The van der Waals surface area contributed by atoms with E-state index in [4.69, 9.17) is 0 Å². The number of rotatable bonds is 2. The second-order valence-corrected chi connectivity index (χ2v) is 3.21. The zero-order valence-corrected chi connectivity index (χ0v) is 6.71. The highest BCUT2D eigenvalue weighted by atomic mass is 32.1. The van der Waals surface area contributed by atoms with Gasteiger partial charge in [0.05, 0.1) is 6.42 Å². The Balaban J connectivity index is 2.60. The van der Waals surface area contributed by atoms with Gasteiger partial charge in [-0.1, -0.05) is 6.07 Å². The topological polar surface area (TPSA) is 17.1 Å². The molecule has 0 N–H and O–H groups in total. The van der Waals surface area contributed by atoms with E-state index in [9.17, 15) is 18.0 Å². The molecule has 1 aromatic rings. The van der Waals surface area contributed by atoms with Crippen LogP contribution in [0.5, 0.6) is 0 Å². The van der Waals surface area contributed by atoms with Crippen molar-refractivity contribution >= 4 is 17.1 Å². The lowest BCUT2D eigenvalue weighted by molar-refractivity contribution is -0.170. The molecule has 1 rings (SSSR count). The SMILES string of the molecule is O=C(Cc1cccs1)C(F)(F)F. The normalized spacial score (nSPS) is 11.6. The highest BCUT2D eigenvalue weighted by molar-refractivity contribution is 7.10. The number of thiophene rings is 1. The fourth-order valence-electron chi connectivity index (χ4n) is 0.672. The molecule has 1 nitrogen and oxygen atoms in total. The highest BCUT2D eigenvalue weighted by Crippen LogP contribution is 2.20. The van der Waals surface area contributed by atoms with Gasteiger partial charge in [-0.05, 0) is 11.4 Å². The average Bonchev–Trinajstić information content (AvgIpc) is 2.37. The van der Waals surface area contributed by atoms with Gasteiger partial charge in [0.15, 0.2) is 0 Å². The number of hydrogen-bond acceptors (Lipinski definition) is 2. The summed E-state index contributed by atoms with van der Waals surface area (Å²) in [6.45, 7) is 0. The maximum Gasteiger partial charge on any atom is 0.450 e. The Labute approximate surface area is 70.8 Å². The van der Waals surface area contributed by atoms with E-state index in [1.165, 1.54) is 6.07 Å². The molecule has 0 aliphatic carbocycles. The zero-order chi connectivity index (χ0) is 9.19. The number of halogens is 3. The number of alkyl halides is 3. The first-order valence-corrected chi connectivity index (χ1v) is 4.00. The molecule has 0 atom stereocenters. The van der Waals surface area contributed by atoms with Crippen molar-refractivity contribution in [2.75, 3.05) is 0 Å². The Morgan fingerprint density at radius 1 is 1.50 bits per heavy atom. The smallest absolute Gasteiger partial charge is 0.289 e. The van der Waals surface area contributed by atoms with Crippen molar-refractivity contribution in [3.8, 4) is 0 Å². The molecule has 0 radical (unpaired) electrons. The Hall–Kier alpha value is -0.840. The summed E-state index contributed by atoms with van der Waals surface area (Å²) >= 11 is 1.15. The molecule has 0 fully saturated rings. The zero-order valence-electron chi connectivity index (χ0n) is 5.89. The van der Waals surface area contributed by atoms with Gasteiger partial charge in [-0.3, -0.25) is 4.79 Å². The van der Waals surface area contributed by atoms with E-state index in [0.29, 0.717) is 4.88 Å². The van der Waals surface area contributed by atoms with Gasteiger partial charge in [-0.25, -0.2) is 0 Å². The van der Waals surface area contributed by atoms with Crippen LogP contribution in [-0.4, -0.2) is 12.0 Å². The minimum atomic E-state index is -4.70. The molecule has 5 heteroatoms. The van der Waals surface area contributed by atoms with E-state index in [0.717, 1.165) is 11.3 Å². The minimum absolute atomic E-state index is 0.442. The van der Waals surface area contributed by atoms with Crippen LogP contribution in [0.4, 0.5) is 13.2 Å². The third kappa shape index (κ3) is 2.34. The molecular weight excluding hydrogens is 189 g/mol. The van der Waals surface area contributed by atoms with Gasteiger partial charge in [0.25, 0.3) is 0 Å². The maximum atomic E-state index is 11.7. The summed E-state index contributed by atoms with van der Waals surface area (Å²) in [6, 6.07) is 3.12. The van der Waals surface area contributed by atoms with Crippen LogP contribution in [0.2, 0.25) is 0 Å². The predicted molar refractivity (Wildman–Crippen MR) is 39.1 cm³/mol. The lowest BCUT2D eigenvalue weighted by Crippen LogP contribution is -2.24. The van der Waals surface area contributed by atoms with E-state index < -0.39 is 18.4 Å². The van der Waals surface area contributed by atoms with Crippen molar-refractivity contribution in [2.24, 2.45) is 0 Å². The van der Waals surface area contributed by atoms with E-state index in [1.54, 1.807) is 11.4 Å². The number of carbonyl (C=O) groups is 1. The van der Waals surface area contributed by atoms with Crippen LogP contribution in [0.15, 0.2) is 17.5 Å². The molecule has 1 heterocycles. The van der Waals surface area contributed by atoms with Crippen molar-refractivity contribution in [2.45, 2.75) is 12.6 Å². The largest absolute Gasteiger partial charge is 0.450 e. The lowest BCUT2D eigenvalue weighted by Gasteiger charge is -2.02. The molecule has 12 heavy (non-hydrogen) atoms. The van der Waals surface area contributed by atoms with Crippen molar-refractivity contribution in [1.82, 2.24) is 0 Å². The summed E-state index contributed by atoms with van der Waals surface area (Å²) in [6.07, 6.45) is -5.24. The van der Waals surface area contributed by atoms with Crippen LogP contribution in [0.25, 0.3) is 0 Å². The van der Waals surface area contributed by atoms with E-state index >= 15 is 0 Å². The third-order valence-corrected chi connectivity index (χ3v) is 2.11. The molecule has 0 aliphatic rings. The summed E-state index contributed by atoms with van der Waals surface area (Å²) < 4.78 is 35.1. The van der Waals surface area contributed by atoms with Crippen LogP contribution >= 0.6 is 11.3 Å². The predicted octanol–water partition coefficient (Wildman–Crippen LogP) is 2.42. The Bertz CT molecular complexity index is 263. The van der Waals surface area contributed by atoms with Crippen molar-refractivity contribution < 1.29 is 18.0 Å². The fraction of sp³-hybridized carbons (Fsp3) is 0.286. The van der Waals surface area contributed by atoms with Crippen LogP contribution in [-0.2, 0) is 11.2 Å². The van der Waals surface area contributed by atoms with Crippen LogP contribution < -0.4 is 0 Å². The molecule has 1 aromatic heterocycles. The molecule has 0 amide bonds. The number of carbonyl (C=O) groups excluding carboxylic acids is 1. The summed E-state index contributed by atoms with van der Waals surface area (Å²) in [4.78, 5) is 10.9. The van der Waals surface area contributed by atoms with Gasteiger partial charge >= 0.3 is 6.18 Å². The van der Waals surface area contributed by atoms with E-state index in [2.05, 4.69) is 0 Å². The monoisotopic (exact) mass is 194 g/mol. The summed E-state index contributed by atoms with van der Waals surface area (Å²) in [5, 5.41) is 1.64. The first kappa shape index (κ1) is 9.25. The minimum Gasteiger partial charge on any atom is -0.289 e. The van der Waals surface area contributed by atoms with Crippen LogP contribution in [0, 0.1) is 0 Å². The van der Waals surface area contributed by atoms with Gasteiger partial charge in [0, 0.05) is 4.88 Å². The van der Waals surface area contributed by atoms with Crippen LogP contribution in [0.1, 0.15) is 4.88 Å². The Morgan fingerprint density at radius 2 is 2.17 bits per heavy atom. The molecule has 0 spiro atoms. The Morgan fingerprint density at radius 3 is 2.58 bits per heavy atom. The summed E-state index contributed by atoms with van der Waals surface area (Å²) in [5.74, 6) is -1.69. The fourth-order valence-corrected chi connectivity index (χ4v) is 1.38. The second-order valence-electron chi connectivity index (χ2n) is 2.18. The molecule has 66 valence electrons. The van der Waals surface area contributed by atoms with Gasteiger partial charge in [0.1, 0.15) is 0 Å². The molecule has 0 saturated carbocycles. The van der Waals surface area contributed by atoms with E-state index in [1.807, 2.05) is 0 Å². The molecule has 0 unspecified atom stereocenters. The molecular formula is C7H5F3OS. The summed E-state index contributed by atoms with van der Waals surface area (Å²) in [7, 11) is 0. The van der Waals surface area contributed by atoms with Crippen molar-refractivity contribution in [1.29, 1.82) is 0 Å². The van der Waals surface area contributed by atoms with Gasteiger partial charge < -0.3 is 0 Å². The third-order valence-electron chi connectivity index (χ3n) is 1.23. The number of hydrogen-bond donors (Lipinski definition) is 0. The number of Topliss-reactive ketones (excluding diaryl/α,β-unsaturated/α-hetero) is 1. The van der Waals surface area contributed by atoms with E-state index in [-0.39, 0.29) is 0 Å². The number of ketones is 1. The standard InChI is InChI=1S/C7H5F3OS/c8-7(9,10)6(11)4-5-2-1-3-12-5/h1-3H,4H2. The highest BCUT2D eigenvalue weighted by Gasteiger charge is 2.37. The Kier molecular flexibility index (Phi) is 2.52. The molecule has 0 saturated heterocycles. The quantitative estimate of drug-likeness (QED) is 0.706. The summed E-state index contributed by atoms with van der Waals surface area (Å²) in [5.41, 5.74) is 0. The first-order chi connectivity index (χ1) is 5.50.